The van der Waals surface area contributed by atoms with Crippen LogP contribution in [0.4, 0.5) is 0 Å². The lowest BCUT2D eigenvalue weighted by atomic mass is 10.1. The average Bonchev–Trinajstić information content (AvgIpc) is 2.58. The summed E-state index contributed by atoms with van der Waals surface area (Å²) in [6.45, 7) is 0. The van der Waals surface area contributed by atoms with Crippen molar-refractivity contribution in [2.45, 2.75) is 9.79 Å². The highest BCUT2D eigenvalue weighted by molar-refractivity contribution is 7.86. The molecule has 152 valence electrons. The Morgan fingerprint density at radius 3 is 1.45 bits per heavy atom. The van der Waals surface area contributed by atoms with Crippen LogP contribution in [0.5, 0.6) is 0 Å². The largest absolute Gasteiger partial charge is 0.296 e. The summed E-state index contributed by atoms with van der Waals surface area (Å²) in [4.78, 5) is 11.3. The Kier molecular flexibility index (Phi) is 5.89. The van der Waals surface area contributed by atoms with E-state index < -0.39 is 35.5 Å². The molecule has 0 saturated carbocycles. The van der Waals surface area contributed by atoms with Crippen LogP contribution >= 0.6 is 34.5 Å². The van der Waals surface area contributed by atoms with Crippen LogP contribution in [0.15, 0.2) is 63.1 Å². The fraction of sp³-hybridized carbons (Fsp3) is 0. The standard InChI is InChI=1S/C17H10Cl2O7S3/c18-12-5-1-3-10(16(12)28(21,22)23)14-7-9(20)8-15(27-14)11-4-2-6-13(19)17(11)29(24,25)26/h1-8H,(H,21,22,23)(H,24,25,26). The summed E-state index contributed by atoms with van der Waals surface area (Å²) in [5.74, 6) is 0. The van der Waals surface area contributed by atoms with E-state index in [1.807, 2.05) is 0 Å². The van der Waals surface area contributed by atoms with Crippen LogP contribution in [0, 0.1) is 0 Å². The van der Waals surface area contributed by atoms with E-state index in [9.17, 15) is 30.7 Å². The zero-order chi connectivity index (χ0) is 21.6. The molecule has 0 unspecified atom stereocenters. The Bertz CT molecular complexity index is 1290. The Balaban J connectivity index is 2.37. The third-order valence-corrected chi connectivity index (χ3v) is 7.63. The zero-order valence-electron chi connectivity index (χ0n) is 14.0. The second-order valence-electron chi connectivity index (χ2n) is 5.70. The van der Waals surface area contributed by atoms with Crippen LogP contribution in [-0.4, -0.2) is 25.9 Å². The van der Waals surface area contributed by atoms with E-state index in [1.165, 1.54) is 36.4 Å². The molecule has 2 N–H and O–H groups in total. The van der Waals surface area contributed by atoms with Crippen LogP contribution in [-0.2, 0) is 20.2 Å². The lowest BCUT2D eigenvalue weighted by molar-refractivity contribution is 0.481. The molecule has 0 atom stereocenters. The summed E-state index contributed by atoms with van der Waals surface area (Å²) in [6, 6.07) is 10.3. The van der Waals surface area contributed by atoms with Crippen LogP contribution in [0.3, 0.4) is 0 Å². The van der Waals surface area contributed by atoms with Crippen molar-refractivity contribution >= 4 is 54.8 Å². The van der Waals surface area contributed by atoms with E-state index in [0.29, 0.717) is 0 Å². The first-order valence-corrected chi connectivity index (χ1v) is 12.0. The van der Waals surface area contributed by atoms with E-state index in [0.717, 1.165) is 23.5 Å². The van der Waals surface area contributed by atoms with Crippen LogP contribution < -0.4 is 5.43 Å². The SMILES string of the molecule is O=c1cc(-c2cccc(Cl)c2S(=O)(=O)O)sc(-c2cccc(Cl)c2S(=O)(=O)O)c1. The molecule has 0 bridgehead atoms. The normalized spacial score (nSPS) is 12.1. The molecule has 0 amide bonds. The van der Waals surface area contributed by atoms with Gasteiger partial charge in [-0.1, -0.05) is 47.5 Å². The number of benzene rings is 2. The smallest absolute Gasteiger partial charge is 0.290 e. The van der Waals surface area contributed by atoms with Crippen LogP contribution in [0.2, 0.25) is 10.0 Å². The quantitative estimate of drug-likeness (QED) is 0.521. The first-order chi connectivity index (χ1) is 13.4. The minimum atomic E-state index is -4.73. The first-order valence-electron chi connectivity index (χ1n) is 7.57. The summed E-state index contributed by atoms with van der Waals surface area (Å²) >= 11 is 12.7. The maximum atomic E-state index is 12.3. The fourth-order valence-corrected chi connectivity index (χ4v) is 6.42. The van der Waals surface area contributed by atoms with E-state index in [-0.39, 0.29) is 30.9 Å². The van der Waals surface area contributed by atoms with Gasteiger partial charge in [0.1, 0.15) is 9.79 Å². The molecule has 0 saturated heterocycles. The van der Waals surface area contributed by atoms with E-state index in [1.54, 1.807) is 0 Å². The molecule has 0 aliphatic carbocycles. The van der Waals surface area contributed by atoms with Crippen LogP contribution in [0.1, 0.15) is 0 Å². The minimum absolute atomic E-state index is 0.0422. The van der Waals surface area contributed by atoms with E-state index >= 15 is 0 Å². The first kappa shape index (κ1) is 21.9. The molecule has 0 aliphatic heterocycles. The van der Waals surface area contributed by atoms with Gasteiger partial charge in [0.15, 0.2) is 5.43 Å². The van der Waals surface area contributed by atoms with Gasteiger partial charge in [0.2, 0.25) is 0 Å². The third kappa shape index (κ3) is 4.53. The molecular formula is C17H10Cl2O7S3. The predicted molar refractivity (Wildman–Crippen MR) is 111 cm³/mol. The molecule has 12 heteroatoms. The van der Waals surface area contributed by atoms with Crippen molar-refractivity contribution in [3.63, 3.8) is 0 Å². The van der Waals surface area contributed by atoms with Gasteiger partial charge in [-0.3, -0.25) is 13.9 Å². The van der Waals surface area contributed by atoms with Gasteiger partial charge in [-0.25, -0.2) is 0 Å². The maximum Gasteiger partial charge on any atom is 0.296 e. The summed E-state index contributed by atoms with van der Waals surface area (Å²) in [5, 5.41) is -0.507. The summed E-state index contributed by atoms with van der Waals surface area (Å²) in [5.41, 5.74) is -0.657. The molecule has 0 fully saturated rings. The molecule has 0 radical (unpaired) electrons. The summed E-state index contributed by atoms with van der Waals surface area (Å²) < 4.78 is 66.2. The van der Waals surface area contributed by atoms with E-state index in [4.69, 9.17) is 23.2 Å². The Hall–Kier alpha value is -1.79. The van der Waals surface area contributed by atoms with E-state index in [2.05, 4.69) is 0 Å². The van der Waals surface area contributed by atoms with Gasteiger partial charge in [0, 0.05) is 33.0 Å². The van der Waals surface area contributed by atoms with Gasteiger partial charge in [-0.05, 0) is 12.1 Å². The lowest BCUT2D eigenvalue weighted by Crippen LogP contribution is -2.05. The van der Waals surface area contributed by atoms with Crippen molar-refractivity contribution in [1.82, 2.24) is 0 Å². The van der Waals surface area contributed by atoms with Crippen molar-refractivity contribution in [3.05, 3.63) is 68.8 Å². The van der Waals surface area contributed by atoms with Gasteiger partial charge in [-0.15, -0.1) is 11.3 Å². The number of hydrogen-bond donors (Lipinski definition) is 2. The highest BCUT2D eigenvalue weighted by Gasteiger charge is 2.24. The third-order valence-electron chi connectivity index (χ3n) is 3.75. The van der Waals surface area contributed by atoms with Crippen molar-refractivity contribution in [2.24, 2.45) is 0 Å². The van der Waals surface area contributed by atoms with Crippen molar-refractivity contribution in [1.29, 1.82) is 0 Å². The van der Waals surface area contributed by atoms with Gasteiger partial charge in [0.25, 0.3) is 20.2 Å². The average molecular weight is 493 g/mol. The minimum Gasteiger partial charge on any atom is -0.290 e. The van der Waals surface area contributed by atoms with Crippen molar-refractivity contribution < 1.29 is 25.9 Å². The maximum absolute atomic E-state index is 12.3. The molecule has 29 heavy (non-hydrogen) atoms. The highest BCUT2D eigenvalue weighted by atomic mass is 35.5. The Morgan fingerprint density at radius 2 is 1.10 bits per heavy atom. The monoisotopic (exact) mass is 492 g/mol. The second-order valence-corrected chi connectivity index (χ2v) is 10.3. The predicted octanol–water partition coefficient (Wildman–Crippen LogP) is 4.24. The Morgan fingerprint density at radius 1 is 0.724 bits per heavy atom. The summed E-state index contributed by atoms with van der Waals surface area (Å²) in [7, 11) is -9.45. The molecule has 1 heterocycles. The number of rotatable bonds is 4. The molecule has 0 spiro atoms. The van der Waals surface area contributed by atoms with Crippen LogP contribution in [0.25, 0.3) is 20.9 Å². The molecule has 0 aliphatic rings. The molecule has 1 aromatic heterocycles. The topological polar surface area (TPSA) is 126 Å². The van der Waals surface area contributed by atoms with Crippen molar-refractivity contribution in [3.8, 4) is 20.9 Å². The highest BCUT2D eigenvalue weighted by Crippen LogP contribution is 2.40. The molecular weight excluding hydrogens is 483 g/mol. The molecule has 3 rings (SSSR count). The van der Waals surface area contributed by atoms with Crippen molar-refractivity contribution in [2.75, 3.05) is 0 Å². The molecule has 2 aromatic carbocycles. The van der Waals surface area contributed by atoms with Gasteiger partial charge in [-0.2, -0.15) is 16.8 Å². The molecule has 7 nitrogen and oxygen atoms in total. The number of halogens is 2. The van der Waals surface area contributed by atoms with Gasteiger partial charge < -0.3 is 0 Å². The second kappa shape index (κ2) is 7.80. The zero-order valence-corrected chi connectivity index (χ0v) is 18.0. The Labute approximate surface area is 179 Å². The molecule has 3 aromatic rings. The summed E-state index contributed by atoms with van der Waals surface area (Å²) in [6.07, 6.45) is 0. The fourth-order valence-electron chi connectivity index (χ4n) is 2.67. The number of hydrogen-bond acceptors (Lipinski definition) is 6. The van der Waals surface area contributed by atoms with Gasteiger partial charge in [0.05, 0.1) is 10.0 Å². The lowest BCUT2D eigenvalue weighted by Gasteiger charge is -2.12. The van der Waals surface area contributed by atoms with Gasteiger partial charge >= 0.3 is 0 Å².